The van der Waals surface area contributed by atoms with E-state index in [0.717, 1.165) is 25.7 Å². The van der Waals surface area contributed by atoms with Crippen LogP contribution in [0.2, 0.25) is 0 Å². The fraction of sp³-hybridized carbons (Fsp3) is 1.00. The van der Waals surface area contributed by atoms with Crippen molar-refractivity contribution in [3.8, 4) is 0 Å². The number of phosphoric ester groups is 1. The average Bonchev–Trinajstić information content (AvgIpc) is 2.37. The Morgan fingerprint density at radius 2 is 1.76 bits per heavy atom. The molecule has 0 aromatic carbocycles. The van der Waals surface area contributed by atoms with E-state index in [4.69, 9.17) is 13.6 Å². The normalized spacial score (nSPS) is 31.3. The van der Waals surface area contributed by atoms with Crippen molar-refractivity contribution in [1.29, 1.82) is 0 Å². The molecule has 0 aromatic rings. The zero-order chi connectivity index (χ0) is 16.4. The van der Waals surface area contributed by atoms with E-state index in [-0.39, 0.29) is 5.41 Å². The Bertz CT molecular complexity index is 429. The Balaban J connectivity index is 2.74. The van der Waals surface area contributed by atoms with Crippen LogP contribution in [-0.4, -0.2) is 31.9 Å². The summed E-state index contributed by atoms with van der Waals surface area (Å²) in [6.45, 7) is 11.5. The standard InChI is InChI=1S/C14H30O5P2/c1-7-9-10-14(8-2)11-17-21(16,18-12-14)19-13(3,4)20(5,6)15/h7-12H2,1-6H3. The summed E-state index contributed by atoms with van der Waals surface area (Å²) < 4.78 is 41.3. The molecule has 1 saturated heterocycles. The van der Waals surface area contributed by atoms with Crippen molar-refractivity contribution in [2.45, 2.75) is 58.7 Å². The summed E-state index contributed by atoms with van der Waals surface area (Å²) >= 11 is 0. The molecule has 1 fully saturated rings. The van der Waals surface area contributed by atoms with Gasteiger partial charge in [-0.25, -0.2) is 4.57 Å². The van der Waals surface area contributed by atoms with E-state index < -0.39 is 20.3 Å². The van der Waals surface area contributed by atoms with Gasteiger partial charge in [-0.15, -0.1) is 0 Å². The lowest BCUT2D eigenvalue weighted by molar-refractivity contribution is -0.0360. The molecule has 0 amide bonds. The highest BCUT2D eigenvalue weighted by Gasteiger charge is 2.47. The molecule has 1 rings (SSSR count). The summed E-state index contributed by atoms with van der Waals surface area (Å²) in [7, 11) is -6.22. The Morgan fingerprint density at radius 3 is 2.14 bits per heavy atom. The molecule has 0 N–H and O–H groups in total. The van der Waals surface area contributed by atoms with Crippen LogP contribution in [0.15, 0.2) is 0 Å². The van der Waals surface area contributed by atoms with Gasteiger partial charge in [0.1, 0.15) is 12.5 Å². The summed E-state index contributed by atoms with van der Waals surface area (Å²) in [6.07, 6.45) is 4.11. The second kappa shape index (κ2) is 6.84. The summed E-state index contributed by atoms with van der Waals surface area (Å²) in [4.78, 5) is 0. The maximum absolute atomic E-state index is 12.6. The molecule has 0 saturated carbocycles. The van der Waals surface area contributed by atoms with Crippen LogP contribution < -0.4 is 0 Å². The van der Waals surface area contributed by atoms with Crippen LogP contribution in [0.25, 0.3) is 0 Å². The second-order valence-electron chi connectivity index (χ2n) is 6.84. The van der Waals surface area contributed by atoms with E-state index in [9.17, 15) is 9.13 Å². The predicted molar refractivity (Wildman–Crippen MR) is 86.4 cm³/mol. The largest absolute Gasteiger partial charge is 0.475 e. The van der Waals surface area contributed by atoms with Crippen molar-refractivity contribution in [2.75, 3.05) is 26.5 Å². The van der Waals surface area contributed by atoms with E-state index in [0.29, 0.717) is 13.2 Å². The zero-order valence-corrected chi connectivity index (χ0v) is 16.0. The van der Waals surface area contributed by atoms with Gasteiger partial charge in [-0.05, 0) is 40.0 Å². The van der Waals surface area contributed by atoms with E-state index in [1.807, 2.05) is 0 Å². The zero-order valence-electron chi connectivity index (χ0n) is 14.2. The lowest BCUT2D eigenvalue weighted by atomic mass is 9.82. The Kier molecular flexibility index (Phi) is 6.32. The first-order valence-electron chi connectivity index (χ1n) is 7.64. The molecule has 0 aliphatic carbocycles. The SMILES string of the molecule is CCCCC1(CC)COP(=O)(OC(C)(C)P(C)(C)=O)OC1. The van der Waals surface area contributed by atoms with Crippen LogP contribution in [0.3, 0.4) is 0 Å². The first kappa shape index (κ1) is 19.4. The molecule has 1 heterocycles. The number of hydrogen-bond donors (Lipinski definition) is 0. The van der Waals surface area contributed by atoms with Crippen LogP contribution in [0, 0.1) is 5.41 Å². The maximum atomic E-state index is 12.6. The molecule has 1 aliphatic heterocycles. The van der Waals surface area contributed by atoms with Crippen LogP contribution >= 0.6 is 15.0 Å². The fourth-order valence-electron chi connectivity index (χ4n) is 2.01. The van der Waals surface area contributed by atoms with E-state index in [1.165, 1.54) is 0 Å². The van der Waals surface area contributed by atoms with E-state index in [2.05, 4.69) is 13.8 Å². The Labute approximate surface area is 129 Å². The minimum absolute atomic E-state index is 0.0838. The molecule has 126 valence electrons. The van der Waals surface area contributed by atoms with Gasteiger partial charge in [0.25, 0.3) is 0 Å². The van der Waals surface area contributed by atoms with E-state index in [1.54, 1.807) is 27.2 Å². The minimum atomic E-state index is -3.63. The summed E-state index contributed by atoms with van der Waals surface area (Å²) in [6, 6.07) is 0. The summed E-state index contributed by atoms with van der Waals surface area (Å²) in [5.74, 6) is 0. The molecule has 5 nitrogen and oxygen atoms in total. The van der Waals surface area contributed by atoms with Gasteiger partial charge in [0, 0.05) is 5.41 Å². The summed E-state index contributed by atoms with van der Waals surface area (Å²) in [5.41, 5.74) is -0.0838. The van der Waals surface area contributed by atoms with Crippen LogP contribution in [0.5, 0.6) is 0 Å². The average molecular weight is 340 g/mol. The van der Waals surface area contributed by atoms with Crippen molar-refractivity contribution >= 4 is 15.0 Å². The van der Waals surface area contributed by atoms with Crippen LogP contribution in [0.1, 0.15) is 53.4 Å². The van der Waals surface area contributed by atoms with Gasteiger partial charge in [-0.2, -0.15) is 0 Å². The highest BCUT2D eigenvalue weighted by Crippen LogP contribution is 2.64. The molecule has 0 unspecified atom stereocenters. The molecule has 7 heteroatoms. The van der Waals surface area contributed by atoms with Crippen molar-refractivity contribution in [2.24, 2.45) is 5.41 Å². The summed E-state index contributed by atoms with van der Waals surface area (Å²) in [5, 5.41) is -1.03. The molecule has 0 spiro atoms. The lowest BCUT2D eigenvalue weighted by Crippen LogP contribution is -2.36. The van der Waals surface area contributed by atoms with Gasteiger partial charge in [0.05, 0.1) is 13.2 Å². The van der Waals surface area contributed by atoms with Crippen molar-refractivity contribution in [3.63, 3.8) is 0 Å². The van der Waals surface area contributed by atoms with Crippen LogP contribution in [0.4, 0.5) is 0 Å². The number of phosphoric acid groups is 1. The lowest BCUT2D eigenvalue weighted by Gasteiger charge is -2.41. The van der Waals surface area contributed by atoms with Gasteiger partial charge in [-0.1, -0.05) is 26.7 Å². The van der Waals surface area contributed by atoms with Gasteiger partial charge >= 0.3 is 7.82 Å². The second-order valence-corrected chi connectivity index (χ2v) is 12.2. The van der Waals surface area contributed by atoms with Gasteiger partial charge in [0.2, 0.25) is 0 Å². The predicted octanol–water partition coefficient (Wildman–Crippen LogP) is 5.10. The third-order valence-electron chi connectivity index (χ3n) is 4.50. The minimum Gasteiger partial charge on any atom is -0.321 e. The van der Waals surface area contributed by atoms with Gasteiger partial charge < -0.3 is 4.57 Å². The van der Waals surface area contributed by atoms with Crippen LogP contribution in [-0.2, 0) is 22.7 Å². The number of hydrogen-bond acceptors (Lipinski definition) is 5. The number of unbranched alkanes of at least 4 members (excludes halogenated alkanes) is 1. The first-order chi connectivity index (χ1) is 9.49. The Hall–Kier alpha value is 0.340. The molecule has 0 bridgehead atoms. The molecular formula is C14H30O5P2. The van der Waals surface area contributed by atoms with Crippen molar-refractivity contribution in [3.05, 3.63) is 0 Å². The molecule has 0 aromatic heterocycles. The third-order valence-corrected chi connectivity index (χ3v) is 8.90. The highest BCUT2D eigenvalue weighted by molar-refractivity contribution is 7.64. The van der Waals surface area contributed by atoms with Crippen molar-refractivity contribution in [1.82, 2.24) is 0 Å². The molecular weight excluding hydrogens is 310 g/mol. The fourth-order valence-corrected chi connectivity index (χ4v) is 4.69. The smallest absolute Gasteiger partial charge is 0.321 e. The van der Waals surface area contributed by atoms with Crippen molar-refractivity contribution < 1.29 is 22.7 Å². The van der Waals surface area contributed by atoms with Gasteiger partial charge in [-0.3, -0.25) is 13.6 Å². The quantitative estimate of drug-likeness (QED) is 0.603. The molecule has 0 atom stereocenters. The van der Waals surface area contributed by atoms with E-state index >= 15 is 0 Å². The molecule has 21 heavy (non-hydrogen) atoms. The Morgan fingerprint density at radius 1 is 1.24 bits per heavy atom. The number of rotatable bonds is 7. The molecule has 0 radical (unpaired) electrons. The highest BCUT2D eigenvalue weighted by atomic mass is 31.2. The van der Waals surface area contributed by atoms with Gasteiger partial charge in [0.15, 0.2) is 0 Å². The molecule has 1 aliphatic rings. The monoisotopic (exact) mass is 340 g/mol. The maximum Gasteiger partial charge on any atom is 0.475 e. The first-order valence-corrected chi connectivity index (χ1v) is 11.7. The topological polar surface area (TPSA) is 61.8 Å². The third kappa shape index (κ3) is 4.91.